The van der Waals surface area contributed by atoms with Gasteiger partial charge in [-0.15, -0.1) is 0 Å². The van der Waals surface area contributed by atoms with Crippen LogP contribution in [0.2, 0.25) is 0 Å². The van der Waals surface area contributed by atoms with Gasteiger partial charge in [0.1, 0.15) is 5.75 Å². The molecular weight excluding hydrogens is 202 g/mol. The smallest absolute Gasteiger partial charge is 0.176 e. The standard InChI is InChI=1S/C13H19NO2/c1-10(2)16-12-7-5-11(6-8-12)13(15)9-14(3)4/h5-8,10H,9H2,1-4H3. The molecule has 0 aliphatic rings. The van der Waals surface area contributed by atoms with Crippen LogP contribution in [0.1, 0.15) is 24.2 Å². The number of benzene rings is 1. The van der Waals surface area contributed by atoms with Gasteiger partial charge in [-0.2, -0.15) is 0 Å². The lowest BCUT2D eigenvalue weighted by molar-refractivity contribution is 0.0958. The van der Waals surface area contributed by atoms with E-state index in [-0.39, 0.29) is 11.9 Å². The van der Waals surface area contributed by atoms with Crippen molar-refractivity contribution in [1.29, 1.82) is 0 Å². The van der Waals surface area contributed by atoms with E-state index in [1.807, 2.05) is 57.1 Å². The lowest BCUT2D eigenvalue weighted by Crippen LogP contribution is -2.21. The Morgan fingerprint density at radius 1 is 1.25 bits per heavy atom. The number of hydrogen-bond acceptors (Lipinski definition) is 3. The zero-order valence-electron chi connectivity index (χ0n) is 10.4. The Morgan fingerprint density at radius 2 is 1.81 bits per heavy atom. The fraction of sp³-hybridized carbons (Fsp3) is 0.462. The summed E-state index contributed by atoms with van der Waals surface area (Å²) in [5.74, 6) is 0.928. The monoisotopic (exact) mass is 221 g/mol. The normalized spacial score (nSPS) is 10.9. The number of ketones is 1. The maximum atomic E-state index is 11.7. The maximum Gasteiger partial charge on any atom is 0.176 e. The van der Waals surface area contributed by atoms with Crippen LogP contribution >= 0.6 is 0 Å². The zero-order chi connectivity index (χ0) is 12.1. The summed E-state index contributed by atoms with van der Waals surface area (Å²) in [6.07, 6.45) is 0.156. The van der Waals surface area contributed by atoms with E-state index in [9.17, 15) is 4.79 Å². The molecule has 88 valence electrons. The second-order valence-corrected chi connectivity index (χ2v) is 4.35. The molecule has 0 N–H and O–H groups in total. The molecule has 0 saturated carbocycles. The van der Waals surface area contributed by atoms with Crippen LogP contribution in [0.4, 0.5) is 0 Å². The topological polar surface area (TPSA) is 29.5 Å². The Kier molecular flexibility index (Phi) is 4.50. The van der Waals surface area contributed by atoms with E-state index < -0.39 is 0 Å². The van der Waals surface area contributed by atoms with Gasteiger partial charge in [0.2, 0.25) is 0 Å². The van der Waals surface area contributed by atoms with Gasteiger partial charge >= 0.3 is 0 Å². The van der Waals surface area contributed by atoms with Crippen molar-refractivity contribution in [3.63, 3.8) is 0 Å². The van der Waals surface area contributed by atoms with E-state index >= 15 is 0 Å². The van der Waals surface area contributed by atoms with E-state index in [2.05, 4.69) is 0 Å². The number of rotatable bonds is 5. The van der Waals surface area contributed by atoms with Gasteiger partial charge in [0.25, 0.3) is 0 Å². The molecule has 1 rings (SSSR count). The molecule has 1 aromatic carbocycles. The van der Waals surface area contributed by atoms with Crippen LogP contribution < -0.4 is 4.74 Å². The molecule has 0 fully saturated rings. The summed E-state index contributed by atoms with van der Waals surface area (Å²) in [5.41, 5.74) is 0.727. The Balaban J connectivity index is 2.67. The van der Waals surface area contributed by atoms with Crippen molar-refractivity contribution in [1.82, 2.24) is 4.90 Å². The predicted molar refractivity (Wildman–Crippen MR) is 65.1 cm³/mol. The summed E-state index contributed by atoms with van der Waals surface area (Å²) in [4.78, 5) is 13.6. The van der Waals surface area contributed by atoms with E-state index in [0.717, 1.165) is 11.3 Å². The fourth-order valence-electron chi connectivity index (χ4n) is 1.37. The minimum absolute atomic E-state index is 0.126. The zero-order valence-corrected chi connectivity index (χ0v) is 10.4. The molecule has 0 saturated heterocycles. The number of ether oxygens (including phenoxy) is 1. The van der Waals surface area contributed by atoms with Gasteiger partial charge in [-0.1, -0.05) is 0 Å². The van der Waals surface area contributed by atoms with Crippen molar-refractivity contribution in [2.75, 3.05) is 20.6 Å². The van der Waals surface area contributed by atoms with Gasteiger partial charge in [-0.05, 0) is 52.2 Å². The molecule has 0 heterocycles. The molecule has 0 amide bonds. The molecule has 0 unspecified atom stereocenters. The highest BCUT2D eigenvalue weighted by molar-refractivity contribution is 5.97. The Morgan fingerprint density at radius 3 is 2.25 bits per heavy atom. The summed E-state index contributed by atoms with van der Waals surface area (Å²) >= 11 is 0. The first-order chi connectivity index (χ1) is 7.49. The molecule has 0 aliphatic heterocycles. The first-order valence-corrected chi connectivity index (χ1v) is 5.43. The molecule has 16 heavy (non-hydrogen) atoms. The third-order valence-corrected chi connectivity index (χ3v) is 2.01. The van der Waals surface area contributed by atoms with Gasteiger partial charge in [-0.3, -0.25) is 4.79 Å². The quantitative estimate of drug-likeness (QED) is 0.714. The molecule has 3 heteroatoms. The van der Waals surface area contributed by atoms with E-state index in [1.54, 1.807) is 0 Å². The molecule has 0 radical (unpaired) electrons. The number of carbonyl (C=O) groups excluding carboxylic acids is 1. The van der Waals surface area contributed by atoms with Gasteiger partial charge in [0, 0.05) is 5.56 Å². The number of likely N-dealkylation sites (N-methyl/N-ethyl adjacent to an activating group) is 1. The van der Waals surface area contributed by atoms with E-state index in [1.165, 1.54) is 0 Å². The average molecular weight is 221 g/mol. The summed E-state index contributed by atoms with van der Waals surface area (Å²) in [7, 11) is 3.77. The van der Waals surface area contributed by atoms with Crippen molar-refractivity contribution in [3.05, 3.63) is 29.8 Å². The third kappa shape index (κ3) is 4.03. The van der Waals surface area contributed by atoms with Crippen molar-refractivity contribution in [2.45, 2.75) is 20.0 Å². The lowest BCUT2D eigenvalue weighted by atomic mass is 10.1. The van der Waals surface area contributed by atoms with Gasteiger partial charge in [0.05, 0.1) is 12.6 Å². The summed E-state index contributed by atoms with van der Waals surface area (Å²) in [6, 6.07) is 7.29. The van der Waals surface area contributed by atoms with Crippen LogP contribution in [0.25, 0.3) is 0 Å². The highest BCUT2D eigenvalue weighted by Gasteiger charge is 2.07. The van der Waals surface area contributed by atoms with E-state index in [4.69, 9.17) is 4.74 Å². The van der Waals surface area contributed by atoms with Crippen LogP contribution in [0, 0.1) is 0 Å². The third-order valence-electron chi connectivity index (χ3n) is 2.01. The molecule has 0 aliphatic carbocycles. The number of Topliss-reactive ketones (excluding diaryl/α,β-unsaturated/α-hetero) is 1. The summed E-state index contributed by atoms with van der Waals surface area (Å²) in [5, 5.41) is 0. The van der Waals surface area contributed by atoms with Crippen LogP contribution in [-0.2, 0) is 0 Å². The van der Waals surface area contributed by atoms with Gasteiger partial charge in [0.15, 0.2) is 5.78 Å². The van der Waals surface area contributed by atoms with Crippen LogP contribution in [-0.4, -0.2) is 37.4 Å². The Hall–Kier alpha value is -1.35. The SMILES string of the molecule is CC(C)Oc1ccc(C(=O)CN(C)C)cc1. The first-order valence-electron chi connectivity index (χ1n) is 5.43. The van der Waals surface area contributed by atoms with Crippen molar-refractivity contribution in [3.8, 4) is 5.75 Å². The summed E-state index contributed by atoms with van der Waals surface area (Å²) < 4.78 is 5.51. The van der Waals surface area contributed by atoms with Crippen molar-refractivity contribution < 1.29 is 9.53 Å². The second-order valence-electron chi connectivity index (χ2n) is 4.35. The van der Waals surface area contributed by atoms with Gasteiger partial charge in [-0.25, -0.2) is 0 Å². The van der Waals surface area contributed by atoms with Crippen molar-refractivity contribution in [2.24, 2.45) is 0 Å². The van der Waals surface area contributed by atoms with Crippen molar-refractivity contribution >= 4 is 5.78 Å². The number of nitrogens with zero attached hydrogens (tertiary/aromatic N) is 1. The molecular formula is C13H19NO2. The molecule has 0 bridgehead atoms. The molecule has 0 aromatic heterocycles. The van der Waals surface area contributed by atoms with E-state index in [0.29, 0.717) is 6.54 Å². The lowest BCUT2D eigenvalue weighted by Gasteiger charge is -2.11. The van der Waals surface area contributed by atoms with Crippen LogP contribution in [0.3, 0.4) is 0 Å². The molecule has 0 atom stereocenters. The van der Waals surface area contributed by atoms with Crippen LogP contribution in [0.15, 0.2) is 24.3 Å². The molecule has 1 aromatic rings. The molecule has 3 nitrogen and oxygen atoms in total. The minimum atomic E-state index is 0.126. The number of carbonyl (C=O) groups is 1. The number of hydrogen-bond donors (Lipinski definition) is 0. The minimum Gasteiger partial charge on any atom is -0.491 e. The fourth-order valence-corrected chi connectivity index (χ4v) is 1.37. The maximum absolute atomic E-state index is 11.7. The average Bonchev–Trinajstić information content (AvgIpc) is 2.16. The predicted octanol–water partition coefficient (Wildman–Crippen LogP) is 2.22. The van der Waals surface area contributed by atoms with Gasteiger partial charge < -0.3 is 9.64 Å². The highest BCUT2D eigenvalue weighted by atomic mass is 16.5. The first kappa shape index (κ1) is 12.7. The Bertz CT molecular complexity index is 341. The highest BCUT2D eigenvalue weighted by Crippen LogP contribution is 2.14. The largest absolute Gasteiger partial charge is 0.491 e. The second kappa shape index (κ2) is 5.66. The van der Waals surface area contributed by atoms with Crippen LogP contribution in [0.5, 0.6) is 5.75 Å². The summed E-state index contributed by atoms with van der Waals surface area (Å²) in [6.45, 7) is 4.39. The Labute approximate surface area is 97.0 Å². The molecule has 0 spiro atoms.